The van der Waals surface area contributed by atoms with Crippen LogP contribution in [-0.4, -0.2) is 47.7 Å². The first-order chi connectivity index (χ1) is 16.9. The zero-order chi connectivity index (χ0) is 24.8. The minimum Gasteiger partial charge on any atom is -0.497 e. The summed E-state index contributed by atoms with van der Waals surface area (Å²) in [4.78, 5) is 18.2. The lowest BCUT2D eigenvalue weighted by Crippen LogP contribution is -2.42. The summed E-state index contributed by atoms with van der Waals surface area (Å²) in [7, 11) is 1.51. The van der Waals surface area contributed by atoms with Crippen molar-refractivity contribution in [1.29, 1.82) is 0 Å². The fraction of sp³-hybridized carbons (Fsp3) is 0.643. The molecule has 192 valence electrons. The average molecular weight is 489 g/mol. The van der Waals surface area contributed by atoms with Crippen LogP contribution in [0.2, 0.25) is 0 Å². The summed E-state index contributed by atoms with van der Waals surface area (Å²) in [6, 6.07) is 5.03. The van der Waals surface area contributed by atoms with E-state index in [-0.39, 0.29) is 18.4 Å². The highest BCUT2D eigenvalue weighted by Gasteiger charge is 2.37. The molecule has 4 rings (SSSR count). The van der Waals surface area contributed by atoms with Gasteiger partial charge in [-0.3, -0.25) is 9.78 Å². The standard InChI is InChI=1S/C28H38F2N2O3/c1-35-21-7-8-25-22(17-21)27(24(30)19-31-25)23(29)9-11-28(18-26(33)34)12-15-32(16-13-28)14-10-20-5-3-2-4-6-20/h7-8,17,19-20,23H,2-6,9-16,18H2,1H3,(H,33,34). The number of carboxylic acid groups (broad SMARTS) is 1. The SMILES string of the molecule is COc1ccc2ncc(F)c(C(F)CCC3(CC(=O)O)CCN(CCC4CCCCC4)CC3)c2c1. The van der Waals surface area contributed by atoms with Gasteiger partial charge in [-0.1, -0.05) is 32.1 Å². The fourth-order valence-electron chi connectivity index (χ4n) is 6.12. The molecule has 1 saturated carbocycles. The van der Waals surface area contributed by atoms with E-state index in [4.69, 9.17) is 4.74 Å². The number of rotatable bonds is 10. The molecule has 1 unspecified atom stereocenters. The number of halogens is 2. The van der Waals surface area contributed by atoms with Crippen LogP contribution >= 0.6 is 0 Å². The molecule has 1 aliphatic carbocycles. The number of fused-ring (bicyclic) bond motifs is 1. The molecule has 1 atom stereocenters. The van der Waals surface area contributed by atoms with Crippen molar-refractivity contribution in [2.75, 3.05) is 26.7 Å². The highest BCUT2D eigenvalue weighted by Crippen LogP contribution is 2.43. The van der Waals surface area contributed by atoms with Gasteiger partial charge in [0.2, 0.25) is 0 Å². The average Bonchev–Trinajstić information content (AvgIpc) is 2.87. The van der Waals surface area contributed by atoms with E-state index < -0.39 is 23.4 Å². The molecule has 2 aliphatic rings. The van der Waals surface area contributed by atoms with Crippen molar-refractivity contribution in [3.63, 3.8) is 0 Å². The summed E-state index contributed by atoms with van der Waals surface area (Å²) in [6.45, 7) is 2.76. The number of piperidine rings is 1. The van der Waals surface area contributed by atoms with E-state index in [9.17, 15) is 14.3 Å². The van der Waals surface area contributed by atoms with Crippen LogP contribution in [0.25, 0.3) is 10.9 Å². The highest BCUT2D eigenvalue weighted by molar-refractivity contribution is 5.84. The van der Waals surface area contributed by atoms with E-state index in [2.05, 4.69) is 9.88 Å². The Morgan fingerprint density at radius 1 is 1.26 bits per heavy atom. The van der Waals surface area contributed by atoms with E-state index in [1.165, 1.54) is 45.6 Å². The molecule has 0 bridgehead atoms. The van der Waals surface area contributed by atoms with E-state index in [1.54, 1.807) is 18.2 Å². The number of methoxy groups -OCH3 is 1. The van der Waals surface area contributed by atoms with Crippen LogP contribution in [0, 0.1) is 17.2 Å². The number of carbonyl (C=O) groups is 1. The number of hydrogen-bond acceptors (Lipinski definition) is 4. The molecule has 1 N–H and O–H groups in total. The number of likely N-dealkylation sites (tertiary alicyclic amines) is 1. The third-order valence-electron chi connectivity index (χ3n) is 8.33. The van der Waals surface area contributed by atoms with Gasteiger partial charge in [0.25, 0.3) is 0 Å². The number of ether oxygens (including phenoxy) is 1. The second-order valence-electron chi connectivity index (χ2n) is 10.6. The second kappa shape index (κ2) is 11.6. The predicted molar refractivity (Wildman–Crippen MR) is 133 cm³/mol. The van der Waals surface area contributed by atoms with Crippen LogP contribution in [-0.2, 0) is 4.79 Å². The molecule has 2 aromatic rings. The van der Waals surface area contributed by atoms with Crippen LogP contribution in [0.3, 0.4) is 0 Å². The van der Waals surface area contributed by atoms with Crippen molar-refractivity contribution < 1.29 is 23.4 Å². The zero-order valence-electron chi connectivity index (χ0n) is 20.8. The number of carboxylic acids is 1. The van der Waals surface area contributed by atoms with Crippen LogP contribution in [0.4, 0.5) is 8.78 Å². The second-order valence-corrected chi connectivity index (χ2v) is 10.6. The fourth-order valence-corrected chi connectivity index (χ4v) is 6.12. The molecular formula is C28H38F2N2O3. The van der Waals surface area contributed by atoms with E-state index in [0.29, 0.717) is 23.1 Å². The Bertz CT molecular complexity index is 1000. The minimum atomic E-state index is -1.54. The van der Waals surface area contributed by atoms with Crippen molar-refractivity contribution >= 4 is 16.9 Å². The molecule has 0 radical (unpaired) electrons. The van der Waals surface area contributed by atoms with Gasteiger partial charge in [-0.25, -0.2) is 8.78 Å². The summed E-state index contributed by atoms with van der Waals surface area (Å²) < 4.78 is 35.5. The van der Waals surface area contributed by atoms with E-state index in [0.717, 1.165) is 44.6 Å². The number of benzene rings is 1. The molecule has 7 heteroatoms. The molecule has 2 fully saturated rings. The molecule has 0 amide bonds. The Hall–Kier alpha value is -2.28. The van der Waals surface area contributed by atoms with Gasteiger partial charge in [0.1, 0.15) is 17.7 Å². The smallest absolute Gasteiger partial charge is 0.303 e. The zero-order valence-corrected chi connectivity index (χ0v) is 20.8. The lowest BCUT2D eigenvalue weighted by Gasteiger charge is -2.42. The van der Waals surface area contributed by atoms with Gasteiger partial charge in [-0.05, 0) is 81.3 Å². The van der Waals surface area contributed by atoms with Crippen molar-refractivity contribution in [3.8, 4) is 5.75 Å². The number of pyridine rings is 1. The Morgan fingerprint density at radius 3 is 2.69 bits per heavy atom. The molecule has 35 heavy (non-hydrogen) atoms. The van der Waals surface area contributed by atoms with Crippen molar-refractivity contribution in [3.05, 3.63) is 35.8 Å². The summed E-state index contributed by atoms with van der Waals surface area (Å²) in [5.74, 6) is -0.184. The van der Waals surface area contributed by atoms with E-state index >= 15 is 4.39 Å². The number of nitrogens with zero attached hydrogens (tertiary/aromatic N) is 2. The molecule has 1 aliphatic heterocycles. The topological polar surface area (TPSA) is 62.7 Å². The third-order valence-corrected chi connectivity index (χ3v) is 8.33. The Morgan fingerprint density at radius 2 is 2.00 bits per heavy atom. The van der Waals surface area contributed by atoms with Gasteiger partial charge in [-0.2, -0.15) is 0 Å². The maximum absolute atomic E-state index is 15.6. The Labute approximate surface area is 206 Å². The molecule has 1 saturated heterocycles. The van der Waals surface area contributed by atoms with Gasteiger partial charge >= 0.3 is 5.97 Å². The lowest BCUT2D eigenvalue weighted by molar-refractivity contribution is -0.141. The quantitative estimate of drug-likeness (QED) is 0.403. The van der Waals surface area contributed by atoms with Gasteiger partial charge in [0.05, 0.1) is 25.2 Å². The largest absolute Gasteiger partial charge is 0.497 e. The maximum atomic E-state index is 15.6. The van der Waals surface area contributed by atoms with Crippen LogP contribution in [0.1, 0.15) is 82.4 Å². The van der Waals surface area contributed by atoms with E-state index in [1.807, 2.05) is 0 Å². The first-order valence-corrected chi connectivity index (χ1v) is 13.1. The van der Waals surface area contributed by atoms with Crippen LogP contribution in [0.15, 0.2) is 24.4 Å². The van der Waals surface area contributed by atoms with Crippen molar-refractivity contribution in [2.45, 2.75) is 76.8 Å². The lowest BCUT2D eigenvalue weighted by atomic mass is 9.71. The van der Waals surface area contributed by atoms with Crippen LogP contribution < -0.4 is 4.74 Å². The molecule has 1 aromatic carbocycles. The molecular weight excluding hydrogens is 450 g/mol. The Balaban J connectivity index is 1.40. The first-order valence-electron chi connectivity index (χ1n) is 13.1. The summed E-state index contributed by atoms with van der Waals surface area (Å²) >= 11 is 0. The molecule has 5 nitrogen and oxygen atoms in total. The summed E-state index contributed by atoms with van der Waals surface area (Å²) in [5.41, 5.74) is 0.0507. The normalized spacial score (nSPS) is 20.1. The van der Waals surface area contributed by atoms with Crippen LogP contribution in [0.5, 0.6) is 5.75 Å². The molecule has 1 aromatic heterocycles. The van der Waals surface area contributed by atoms with Gasteiger partial charge in [-0.15, -0.1) is 0 Å². The monoisotopic (exact) mass is 488 g/mol. The van der Waals surface area contributed by atoms with Gasteiger partial charge < -0.3 is 14.7 Å². The van der Waals surface area contributed by atoms with Gasteiger partial charge in [0.15, 0.2) is 0 Å². The first kappa shape index (κ1) is 25.8. The van der Waals surface area contributed by atoms with Gasteiger partial charge in [0, 0.05) is 10.9 Å². The summed E-state index contributed by atoms with van der Waals surface area (Å²) in [6.07, 6.45) is 9.48. The Kier molecular flexibility index (Phi) is 8.58. The number of aliphatic carboxylic acids is 1. The summed E-state index contributed by atoms with van der Waals surface area (Å²) in [5, 5.41) is 10.0. The molecule has 0 spiro atoms. The minimum absolute atomic E-state index is 0.00991. The highest BCUT2D eigenvalue weighted by atomic mass is 19.1. The third kappa shape index (κ3) is 6.49. The van der Waals surface area contributed by atoms with Crippen molar-refractivity contribution in [1.82, 2.24) is 9.88 Å². The maximum Gasteiger partial charge on any atom is 0.303 e. The van der Waals surface area contributed by atoms with Crippen molar-refractivity contribution in [2.24, 2.45) is 11.3 Å². The number of alkyl halides is 1. The number of hydrogen-bond donors (Lipinski definition) is 1. The number of aromatic nitrogens is 1. The predicted octanol–water partition coefficient (Wildman–Crippen LogP) is 6.70. The molecule has 2 heterocycles.